The van der Waals surface area contributed by atoms with Crippen molar-refractivity contribution in [1.82, 2.24) is 9.21 Å². The molecule has 1 aliphatic heterocycles. The fourth-order valence-electron chi connectivity index (χ4n) is 3.20. The molecule has 0 unspecified atom stereocenters. The maximum Gasteiger partial charge on any atom is 0.289 e. The Bertz CT molecular complexity index is 955. The predicted molar refractivity (Wildman–Crippen MR) is 103 cm³/mol. The molecule has 0 spiro atoms. The molecular weight excluding hydrogens is 382 g/mol. The van der Waals surface area contributed by atoms with Gasteiger partial charge in [0.2, 0.25) is 15.9 Å². The van der Waals surface area contributed by atoms with Crippen LogP contribution in [0.5, 0.6) is 0 Å². The first-order chi connectivity index (χ1) is 13.4. The Hall–Kier alpha value is -2.78. The van der Waals surface area contributed by atoms with Crippen molar-refractivity contribution in [2.75, 3.05) is 26.2 Å². The predicted octanol–water partition coefficient (Wildman–Crippen LogP) is 2.06. The van der Waals surface area contributed by atoms with Crippen molar-refractivity contribution >= 4 is 21.6 Å². The number of nitro benzene ring substituents is 1. The van der Waals surface area contributed by atoms with Crippen LogP contribution in [0.15, 0.2) is 59.5 Å². The van der Waals surface area contributed by atoms with Gasteiger partial charge in [0, 0.05) is 38.7 Å². The van der Waals surface area contributed by atoms with E-state index in [2.05, 4.69) is 0 Å². The Balaban J connectivity index is 1.62. The zero-order valence-electron chi connectivity index (χ0n) is 15.2. The molecule has 1 aliphatic rings. The van der Waals surface area contributed by atoms with Crippen LogP contribution in [-0.2, 0) is 21.2 Å². The molecule has 9 heteroatoms. The first-order valence-corrected chi connectivity index (χ1v) is 10.4. The number of hydrogen-bond acceptors (Lipinski definition) is 5. The zero-order valence-corrected chi connectivity index (χ0v) is 16.0. The Labute approximate surface area is 163 Å². The Kier molecular flexibility index (Phi) is 6.05. The summed E-state index contributed by atoms with van der Waals surface area (Å²) in [5, 5.41) is 11.2. The molecule has 0 atom stereocenters. The summed E-state index contributed by atoms with van der Waals surface area (Å²) in [6.07, 6.45) is 0.995. The molecule has 1 saturated heterocycles. The molecule has 0 N–H and O–H groups in total. The first-order valence-electron chi connectivity index (χ1n) is 8.95. The summed E-state index contributed by atoms with van der Waals surface area (Å²) in [5.74, 6) is -0.0217. The second-order valence-electron chi connectivity index (χ2n) is 6.50. The standard InChI is InChI=1S/C19H21N3O5S/c23-19(11-10-16-6-2-1-3-7-16)20-12-14-21(15-13-20)28(26,27)18-9-5-4-8-17(18)22(24)25/h1-9H,10-15H2. The third-order valence-corrected chi connectivity index (χ3v) is 6.69. The molecule has 0 aliphatic carbocycles. The molecule has 2 aromatic rings. The van der Waals surface area contributed by atoms with Crippen LogP contribution in [0.25, 0.3) is 0 Å². The molecule has 0 radical (unpaired) electrons. The number of nitro groups is 1. The Morgan fingerprint density at radius 3 is 2.21 bits per heavy atom. The van der Waals surface area contributed by atoms with Gasteiger partial charge >= 0.3 is 0 Å². The Morgan fingerprint density at radius 1 is 0.964 bits per heavy atom. The lowest BCUT2D eigenvalue weighted by molar-refractivity contribution is -0.387. The fraction of sp³-hybridized carbons (Fsp3) is 0.316. The highest BCUT2D eigenvalue weighted by Gasteiger charge is 2.34. The number of rotatable bonds is 6. The molecule has 8 nitrogen and oxygen atoms in total. The summed E-state index contributed by atoms with van der Waals surface area (Å²) in [7, 11) is -3.99. The van der Waals surface area contributed by atoms with Crippen molar-refractivity contribution in [3.63, 3.8) is 0 Å². The van der Waals surface area contributed by atoms with E-state index in [0.717, 1.165) is 5.56 Å². The molecule has 28 heavy (non-hydrogen) atoms. The van der Waals surface area contributed by atoms with Gasteiger partial charge in [0.1, 0.15) is 0 Å². The van der Waals surface area contributed by atoms with E-state index in [4.69, 9.17) is 0 Å². The number of aryl methyl sites for hydroxylation is 1. The lowest BCUT2D eigenvalue weighted by Gasteiger charge is -2.34. The maximum atomic E-state index is 12.8. The number of hydrogen-bond donors (Lipinski definition) is 0. The van der Waals surface area contributed by atoms with Gasteiger partial charge in [-0.3, -0.25) is 14.9 Å². The summed E-state index contributed by atoms with van der Waals surface area (Å²) in [4.78, 5) is 24.2. The van der Waals surface area contributed by atoms with Crippen LogP contribution >= 0.6 is 0 Å². The summed E-state index contributed by atoms with van der Waals surface area (Å²) >= 11 is 0. The SMILES string of the molecule is O=C(CCc1ccccc1)N1CCN(S(=O)(=O)c2ccccc2[N+](=O)[O-])CC1. The van der Waals surface area contributed by atoms with Crippen molar-refractivity contribution in [2.24, 2.45) is 0 Å². The third-order valence-electron chi connectivity index (χ3n) is 4.74. The molecule has 3 rings (SSSR count). The van der Waals surface area contributed by atoms with Crippen molar-refractivity contribution < 1.29 is 18.1 Å². The van der Waals surface area contributed by atoms with Crippen LogP contribution in [0.2, 0.25) is 0 Å². The number of nitrogens with zero attached hydrogens (tertiary/aromatic N) is 3. The van der Waals surface area contributed by atoms with Gasteiger partial charge in [-0.05, 0) is 18.1 Å². The van der Waals surface area contributed by atoms with Crippen molar-refractivity contribution in [2.45, 2.75) is 17.7 Å². The number of piperazine rings is 1. The van der Waals surface area contributed by atoms with E-state index in [1.54, 1.807) is 4.90 Å². The second kappa shape index (κ2) is 8.49. The summed E-state index contributed by atoms with van der Waals surface area (Å²) in [6, 6.07) is 15.0. The highest BCUT2D eigenvalue weighted by Crippen LogP contribution is 2.27. The van der Waals surface area contributed by atoms with Crippen LogP contribution in [0.1, 0.15) is 12.0 Å². The average Bonchev–Trinajstić information content (AvgIpc) is 2.73. The minimum absolute atomic E-state index is 0.0217. The molecule has 2 aromatic carbocycles. The number of amides is 1. The molecule has 1 amide bonds. The van der Waals surface area contributed by atoms with Gasteiger partial charge in [-0.15, -0.1) is 0 Å². The third kappa shape index (κ3) is 4.37. The van der Waals surface area contributed by atoms with Crippen molar-refractivity contribution in [1.29, 1.82) is 0 Å². The Morgan fingerprint density at radius 2 is 1.57 bits per heavy atom. The van der Waals surface area contributed by atoms with Gasteiger partial charge in [-0.1, -0.05) is 42.5 Å². The molecule has 0 aromatic heterocycles. The minimum Gasteiger partial charge on any atom is -0.340 e. The fourth-order valence-corrected chi connectivity index (χ4v) is 4.78. The van der Waals surface area contributed by atoms with Crippen LogP contribution < -0.4 is 0 Å². The van der Waals surface area contributed by atoms with Crippen LogP contribution in [0.3, 0.4) is 0 Å². The highest BCUT2D eigenvalue weighted by molar-refractivity contribution is 7.89. The summed E-state index contributed by atoms with van der Waals surface area (Å²) in [6.45, 7) is 0.776. The number of sulfonamides is 1. The number of benzene rings is 2. The summed E-state index contributed by atoms with van der Waals surface area (Å²) in [5.41, 5.74) is 0.636. The van der Waals surface area contributed by atoms with Crippen molar-refractivity contribution in [3.05, 3.63) is 70.3 Å². The first kappa shape index (κ1) is 20.0. The lowest BCUT2D eigenvalue weighted by atomic mass is 10.1. The van der Waals surface area contributed by atoms with E-state index in [1.807, 2.05) is 30.3 Å². The topological polar surface area (TPSA) is 101 Å². The second-order valence-corrected chi connectivity index (χ2v) is 8.40. The molecule has 0 bridgehead atoms. The van der Waals surface area contributed by atoms with Gasteiger partial charge in [-0.2, -0.15) is 4.31 Å². The van der Waals surface area contributed by atoms with Crippen molar-refractivity contribution in [3.8, 4) is 0 Å². The van der Waals surface area contributed by atoms with E-state index in [-0.39, 0.29) is 37.0 Å². The quantitative estimate of drug-likeness (QED) is 0.543. The largest absolute Gasteiger partial charge is 0.340 e. The lowest BCUT2D eigenvalue weighted by Crippen LogP contribution is -2.50. The minimum atomic E-state index is -3.99. The van der Waals surface area contributed by atoms with Crippen LogP contribution in [-0.4, -0.2) is 54.6 Å². The zero-order chi connectivity index (χ0) is 20.1. The van der Waals surface area contributed by atoms with E-state index < -0.39 is 20.6 Å². The number of carbonyl (C=O) groups is 1. The molecule has 1 heterocycles. The number of para-hydroxylation sites is 1. The van der Waals surface area contributed by atoms with Crippen LogP contribution in [0, 0.1) is 10.1 Å². The van der Waals surface area contributed by atoms with Gasteiger partial charge < -0.3 is 4.90 Å². The average molecular weight is 403 g/mol. The highest BCUT2D eigenvalue weighted by atomic mass is 32.2. The van der Waals surface area contributed by atoms with Gasteiger partial charge in [0.25, 0.3) is 5.69 Å². The normalized spacial score (nSPS) is 15.4. The van der Waals surface area contributed by atoms with E-state index in [0.29, 0.717) is 12.8 Å². The molecule has 148 valence electrons. The molecular formula is C19H21N3O5S. The monoisotopic (exact) mass is 403 g/mol. The van der Waals surface area contributed by atoms with E-state index in [1.165, 1.54) is 28.6 Å². The smallest absolute Gasteiger partial charge is 0.289 e. The van der Waals surface area contributed by atoms with Gasteiger partial charge in [0.15, 0.2) is 4.90 Å². The van der Waals surface area contributed by atoms with Gasteiger partial charge in [0.05, 0.1) is 4.92 Å². The number of carbonyl (C=O) groups excluding carboxylic acids is 1. The maximum absolute atomic E-state index is 12.8. The van der Waals surface area contributed by atoms with Gasteiger partial charge in [-0.25, -0.2) is 8.42 Å². The van der Waals surface area contributed by atoms with E-state index in [9.17, 15) is 23.3 Å². The molecule has 1 fully saturated rings. The summed E-state index contributed by atoms with van der Waals surface area (Å²) < 4.78 is 26.8. The van der Waals surface area contributed by atoms with E-state index >= 15 is 0 Å². The molecule has 0 saturated carbocycles. The van der Waals surface area contributed by atoms with Crippen LogP contribution in [0.4, 0.5) is 5.69 Å².